The summed E-state index contributed by atoms with van der Waals surface area (Å²) < 4.78 is 28.9. The van der Waals surface area contributed by atoms with Gasteiger partial charge < -0.3 is 64.2 Å². The highest BCUT2D eigenvalue weighted by Gasteiger charge is 2.71. The fourth-order valence-electron chi connectivity index (χ4n) is 11.3. The van der Waals surface area contributed by atoms with E-state index in [1.165, 1.54) is 0 Å². The first-order valence-electron chi connectivity index (χ1n) is 17.9. The normalized spacial score (nSPS) is 54.3. The molecule has 14 heteroatoms. The van der Waals surface area contributed by atoms with Crippen molar-refractivity contribution in [3.63, 3.8) is 0 Å². The van der Waals surface area contributed by atoms with Gasteiger partial charge in [-0.2, -0.15) is 0 Å². The summed E-state index contributed by atoms with van der Waals surface area (Å²) in [5.74, 6) is -0.688. The average molecular weight is 697 g/mol. The van der Waals surface area contributed by atoms with Gasteiger partial charge in [0.15, 0.2) is 12.6 Å². The van der Waals surface area contributed by atoms with Crippen LogP contribution >= 0.6 is 0 Å². The lowest BCUT2D eigenvalue weighted by molar-refractivity contribution is -0.345. The molecule has 0 aromatic carbocycles. The zero-order valence-corrected chi connectivity index (χ0v) is 28.1. The van der Waals surface area contributed by atoms with Crippen LogP contribution < -0.4 is 0 Å². The van der Waals surface area contributed by atoms with Crippen LogP contribution in [0.2, 0.25) is 0 Å². The molecule has 0 amide bonds. The highest BCUT2D eigenvalue weighted by atomic mass is 16.7. The largest absolute Gasteiger partial charge is 0.458 e. The molecule has 3 aliphatic heterocycles. The highest BCUT2D eigenvalue weighted by molar-refractivity contribution is 5.85. The van der Waals surface area contributed by atoms with Crippen molar-refractivity contribution in [1.29, 1.82) is 0 Å². The molecule has 0 radical (unpaired) electrons. The zero-order chi connectivity index (χ0) is 35.1. The van der Waals surface area contributed by atoms with E-state index >= 15 is 0 Å². The van der Waals surface area contributed by atoms with Crippen LogP contribution in [0.4, 0.5) is 0 Å². The molecule has 0 spiro atoms. The highest BCUT2D eigenvalue weighted by Crippen LogP contribution is 2.70. The fraction of sp³-hybridized carbons (Fsp3) is 0.886. The second-order valence-electron chi connectivity index (χ2n) is 16.1. The van der Waals surface area contributed by atoms with Gasteiger partial charge in [0, 0.05) is 24.3 Å². The topological polar surface area (TPSA) is 222 Å². The van der Waals surface area contributed by atoms with Crippen molar-refractivity contribution in [2.45, 2.75) is 151 Å². The molecule has 0 aromatic heterocycles. The van der Waals surface area contributed by atoms with Gasteiger partial charge in [0.25, 0.3) is 0 Å². The number of hydrogen-bond donors (Lipinski definition) is 7. The Hall–Kier alpha value is -1.56. The molecule has 3 heterocycles. The van der Waals surface area contributed by atoms with Gasteiger partial charge in [-0.05, 0) is 81.6 Å². The van der Waals surface area contributed by atoms with Gasteiger partial charge in [-0.25, -0.2) is 4.79 Å². The number of aldehydes is 1. The van der Waals surface area contributed by atoms with E-state index < -0.39 is 90.1 Å². The van der Waals surface area contributed by atoms with Crippen LogP contribution in [0.5, 0.6) is 0 Å². The SMILES string of the molecule is C[C@H]1O[C@H](O[C@H]2CC[C@]3(C=O)[C@@H]4CC[C@]5(C)[C@H](C6=CC(=O)OC6)CC[C@]5(O)[C@H]4CC[C@@]3(O)C2)C[C@@H](O)[C@H]1O[C@H]1O[C@@H](CO)[C@H](O)[C@@H](O)[C@@H]1O. The molecule has 49 heavy (non-hydrogen) atoms. The molecule has 7 aliphatic rings. The molecule has 2 saturated heterocycles. The Morgan fingerprint density at radius 2 is 1.69 bits per heavy atom. The van der Waals surface area contributed by atoms with Crippen molar-refractivity contribution < 1.29 is 69.0 Å². The third-order valence-corrected chi connectivity index (χ3v) is 14.0. The predicted molar refractivity (Wildman–Crippen MR) is 166 cm³/mol. The number of hydrogen-bond acceptors (Lipinski definition) is 14. The van der Waals surface area contributed by atoms with E-state index in [1.54, 1.807) is 13.0 Å². The molecular weight excluding hydrogens is 644 g/mol. The lowest BCUT2D eigenvalue weighted by Crippen LogP contribution is -2.69. The maximum atomic E-state index is 13.2. The first-order chi connectivity index (χ1) is 23.2. The number of aliphatic hydroxyl groups is 7. The van der Waals surface area contributed by atoms with Crippen LogP contribution in [0.15, 0.2) is 11.6 Å². The van der Waals surface area contributed by atoms with Crippen LogP contribution in [0.3, 0.4) is 0 Å². The Balaban J connectivity index is 1.00. The molecule has 4 aliphatic carbocycles. The summed E-state index contributed by atoms with van der Waals surface area (Å²) >= 11 is 0. The molecule has 0 bridgehead atoms. The summed E-state index contributed by atoms with van der Waals surface area (Å²) in [6.07, 6.45) is -4.38. The van der Waals surface area contributed by atoms with Gasteiger partial charge in [-0.1, -0.05) is 6.92 Å². The number of carbonyl (C=O) groups is 2. The van der Waals surface area contributed by atoms with Crippen LogP contribution in [-0.2, 0) is 33.3 Å². The van der Waals surface area contributed by atoms with Crippen molar-refractivity contribution in [3.05, 3.63) is 11.6 Å². The third-order valence-electron chi connectivity index (χ3n) is 14.0. The second-order valence-corrected chi connectivity index (χ2v) is 16.1. The summed E-state index contributed by atoms with van der Waals surface area (Å²) in [7, 11) is 0. The summed E-state index contributed by atoms with van der Waals surface area (Å²) in [6, 6.07) is 0. The van der Waals surface area contributed by atoms with Crippen LogP contribution in [-0.4, -0.2) is 134 Å². The Morgan fingerprint density at radius 3 is 2.37 bits per heavy atom. The minimum Gasteiger partial charge on any atom is -0.458 e. The van der Waals surface area contributed by atoms with E-state index in [2.05, 4.69) is 6.92 Å². The van der Waals surface area contributed by atoms with E-state index in [4.69, 9.17) is 23.7 Å². The Kier molecular flexibility index (Phi) is 9.38. The standard InChI is InChI=1S/C35H52O14/c1-17-30(49-31-29(42)28(41)27(40)24(14-36)48-31)23(38)12-26(46-17)47-19-3-8-33(16-37)21-4-7-32(2)20(18-11-25(39)45-15-18)6-10-35(32,44)22(21)5-9-34(33,43)13-19/h11,16-17,19-24,26-31,36,38,40-44H,3-10,12-15H2,1-2H3/t17-,19+,20+,21-,22+,23-,24+,26-,27+,28-,29+,30+,31-,32-,33+,34-,35+/m1/s1. The van der Waals surface area contributed by atoms with Gasteiger partial charge >= 0.3 is 5.97 Å². The molecule has 14 nitrogen and oxygen atoms in total. The number of fused-ring (bicyclic) bond motifs is 5. The molecule has 0 unspecified atom stereocenters. The first kappa shape index (κ1) is 35.8. The Labute approximate surface area is 285 Å². The van der Waals surface area contributed by atoms with Crippen LogP contribution in [0.25, 0.3) is 0 Å². The van der Waals surface area contributed by atoms with Gasteiger partial charge in [0.2, 0.25) is 0 Å². The van der Waals surface area contributed by atoms with Crippen molar-refractivity contribution in [2.75, 3.05) is 13.2 Å². The maximum absolute atomic E-state index is 13.2. The number of ether oxygens (including phenoxy) is 5. The number of cyclic esters (lactones) is 1. The van der Waals surface area contributed by atoms with Crippen molar-refractivity contribution >= 4 is 12.3 Å². The molecular formula is C35H52O14. The number of rotatable bonds is 7. The zero-order valence-electron chi connectivity index (χ0n) is 28.1. The van der Waals surface area contributed by atoms with E-state index in [9.17, 15) is 45.3 Å². The van der Waals surface area contributed by atoms with E-state index in [0.29, 0.717) is 44.9 Å². The van der Waals surface area contributed by atoms with Crippen molar-refractivity contribution in [1.82, 2.24) is 0 Å². The molecule has 7 N–H and O–H groups in total. The quantitative estimate of drug-likeness (QED) is 0.102. The molecule has 6 fully saturated rings. The summed E-state index contributed by atoms with van der Waals surface area (Å²) in [5.41, 5.74) is -2.94. The van der Waals surface area contributed by atoms with Crippen molar-refractivity contribution in [3.8, 4) is 0 Å². The molecule has 4 saturated carbocycles. The Bertz CT molecular complexity index is 1300. The lowest BCUT2D eigenvalue weighted by Gasteiger charge is -2.65. The van der Waals surface area contributed by atoms with Gasteiger partial charge in [-0.3, -0.25) is 0 Å². The monoisotopic (exact) mass is 696 g/mol. The summed E-state index contributed by atoms with van der Waals surface area (Å²) in [6.45, 7) is 3.42. The van der Waals surface area contributed by atoms with Crippen LogP contribution in [0, 0.1) is 28.6 Å². The molecule has 17 atom stereocenters. The first-order valence-corrected chi connectivity index (χ1v) is 17.9. The average Bonchev–Trinajstić information content (AvgIpc) is 3.61. The maximum Gasteiger partial charge on any atom is 0.331 e. The van der Waals surface area contributed by atoms with E-state index in [0.717, 1.165) is 18.3 Å². The van der Waals surface area contributed by atoms with Gasteiger partial charge in [0.05, 0.1) is 41.5 Å². The second kappa shape index (κ2) is 12.8. The molecule has 276 valence electrons. The smallest absolute Gasteiger partial charge is 0.331 e. The minimum atomic E-state index is -1.62. The fourth-order valence-corrected chi connectivity index (χ4v) is 11.3. The van der Waals surface area contributed by atoms with Crippen LogP contribution in [0.1, 0.15) is 78.1 Å². The molecule has 0 aromatic rings. The van der Waals surface area contributed by atoms with Gasteiger partial charge in [0.1, 0.15) is 43.4 Å². The number of aliphatic hydroxyl groups excluding tert-OH is 5. The summed E-state index contributed by atoms with van der Waals surface area (Å²) in [4.78, 5) is 25.0. The van der Waals surface area contributed by atoms with Crippen molar-refractivity contribution in [2.24, 2.45) is 28.6 Å². The number of esters is 1. The summed E-state index contributed by atoms with van der Waals surface area (Å²) in [5, 5.41) is 75.9. The predicted octanol–water partition coefficient (Wildman–Crippen LogP) is -0.397. The lowest BCUT2D eigenvalue weighted by atomic mass is 9.41. The molecule has 7 rings (SSSR count). The third kappa shape index (κ3) is 5.47. The minimum absolute atomic E-state index is 0.00470. The Morgan fingerprint density at radius 1 is 0.939 bits per heavy atom. The van der Waals surface area contributed by atoms with E-state index in [1.807, 2.05) is 0 Å². The van der Waals surface area contributed by atoms with Gasteiger partial charge in [-0.15, -0.1) is 0 Å². The number of carbonyl (C=O) groups excluding carboxylic acids is 2. The van der Waals surface area contributed by atoms with E-state index in [-0.39, 0.29) is 43.2 Å².